The van der Waals surface area contributed by atoms with Gasteiger partial charge >= 0.3 is 6.03 Å². The fourth-order valence-electron chi connectivity index (χ4n) is 2.77. The van der Waals surface area contributed by atoms with E-state index in [1.807, 2.05) is 17.0 Å². The number of carbonyl (C=O) groups is 1. The van der Waals surface area contributed by atoms with E-state index in [0.717, 1.165) is 10.9 Å². The summed E-state index contributed by atoms with van der Waals surface area (Å²) in [7, 11) is 0. The molecule has 0 fully saturated rings. The van der Waals surface area contributed by atoms with Gasteiger partial charge in [-0.25, -0.2) is 9.79 Å². The van der Waals surface area contributed by atoms with E-state index in [4.69, 9.17) is 21.8 Å². The Hall–Kier alpha value is -3.45. The van der Waals surface area contributed by atoms with Gasteiger partial charge in [-0.2, -0.15) is 0 Å². The summed E-state index contributed by atoms with van der Waals surface area (Å²) in [5.74, 6) is 0.575. The molecule has 0 saturated heterocycles. The average Bonchev–Trinajstić information content (AvgIpc) is 3.15. The summed E-state index contributed by atoms with van der Waals surface area (Å²) in [6.07, 6.45) is 1.56. The zero-order valence-corrected chi connectivity index (χ0v) is 14.9. The predicted octanol–water partition coefficient (Wildman–Crippen LogP) is 2.70. The number of benzene rings is 2. The van der Waals surface area contributed by atoms with Gasteiger partial charge in [-0.15, -0.1) is 0 Å². The number of urea groups is 1. The first-order chi connectivity index (χ1) is 13.1. The van der Waals surface area contributed by atoms with Crippen molar-refractivity contribution >= 4 is 40.5 Å². The van der Waals surface area contributed by atoms with Crippen LogP contribution in [0, 0.1) is 0 Å². The molecule has 0 bridgehead atoms. The molecule has 0 radical (unpaired) electrons. The molecule has 4 rings (SSSR count). The van der Waals surface area contributed by atoms with Crippen molar-refractivity contribution in [2.45, 2.75) is 0 Å². The lowest BCUT2D eigenvalue weighted by atomic mass is 10.2. The Morgan fingerprint density at radius 3 is 2.67 bits per heavy atom. The van der Waals surface area contributed by atoms with Crippen LogP contribution in [0.1, 0.15) is 0 Å². The number of rotatable bonds is 3. The first-order valence-corrected chi connectivity index (χ1v) is 8.57. The van der Waals surface area contributed by atoms with Gasteiger partial charge in [0.25, 0.3) is 0 Å². The molecule has 2 amide bonds. The Labute approximate surface area is 159 Å². The van der Waals surface area contributed by atoms with Gasteiger partial charge in [0.05, 0.1) is 22.2 Å². The molecule has 3 aromatic rings. The second-order valence-electron chi connectivity index (χ2n) is 5.86. The van der Waals surface area contributed by atoms with Crippen LogP contribution in [-0.2, 0) is 0 Å². The highest BCUT2D eigenvalue weighted by molar-refractivity contribution is 6.33. The number of halogens is 1. The molecule has 0 unspecified atom stereocenters. The van der Waals surface area contributed by atoms with Crippen LogP contribution in [0.15, 0.2) is 70.3 Å². The Kier molecular flexibility index (Phi) is 4.43. The zero-order valence-electron chi connectivity index (χ0n) is 14.1. The van der Waals surface area contributed by atoms with Crippen molar-refractivity contribution in [2.75, 3.05) is 22.2 Å². The number of hydrogen-bond acceptors (Lipinski definition) is 5. The SMILES string of the molecule is NC1=c2ccoc2=NCN1c1ccc(NC(=O)Nc2ccccc2Cl)cc1. The lowest BCUT2D eigenvalue weighted by Gasteiger charge is -2.24. The highest BCUT2D eigenvalue weighted by atomic mass is 35.5. The van der Waals surface area contributed by atoms with Crippen LogP contribution in [0.4, 0.5) is 21.9 Å². The van der Waals surface area contributed by atoms with Gasteiger partial charge in [-0.1, -0.05) is 23.7 Å². The van der Waals surface area contributed by atoms with E-state index in [9.17, 15) is 4.79 Å². The zero-order chi connectivity index (χ0) is 18.8. The molecule has 2 aromatic carbocycles. The van der Waals surface area contributed by atoms with Crippen LogP contribution >= 0.6 is 11.6 Å². The Morgan fingerprint density at radius 1 is 1.11 bits per heavy atom. The molecule has 136 valence electrons. The highest BCUT2D eigenvalue weighted by Crippen LogP contribution is 2.22. The molecule has 0 atom stereocenters. The first kappa shape index (κ1) is 17.0. The number of furan rings is 1. The molecule has 27 heavy (non-hydrogen) atoms. The van der Waals surface area contributed by atoms with E-state index in [-0.39, 0.29) is 6.03 Å². The van der Waals surface area contributed by atoms with Crippen LogP contribution in [0.5, 0.6) is 0 Å². The molecule has 2 heterocycles. The van der Waals surface area contributed by atoms with Gasteiger partial charge in [0.1, 0.15) is 12.5 Å². The van der Waals surface area contributed by atoms with E-state index >= 15 is 0 Å². The number of hydrogen-bond donors (Lipinski definition) is 3. The molecular formula is C19H16ClN5O2. The van der Waals surface area contributed by atoms with E-state index < -0.39 is 0 Å². The van der Waals surface area contributed by atoms with Crippen molar-refractivity contribution in [3.63, 3.8) is 0 Å². The van der Waals surface area contributed by atoms with E-state index in [2.05, 4.69) is 15.6 Å². The summed E-state index contributed by atoms with van der Waals surface area (Å²) in [5, 5.41) is 6.72. The van der Waals surface area contributed by atoms with E-state index in [0.29, 0.717) is 34.4 Å². The summed E-state index contributed by atoms with van der Waals surface area (Å²) in [4.78, 5) is 18.4. The van der Waals surface area contributed by atoms with E-state index in [1.165, 1.54) is 0 Å². The number of nitrogens with two attached hydrogens (primary N) is 1. The van der Waals surface area contributed by atoms with Crippen LogP contribution in [0.25, 0.3) is 5.82 Å². The summed E-state index contributed by atoms with van der Waals surface area (Å²) in [5.41, 5.74) is 8.80. The number of fused-ring (bicyclic) bond motifs is 1. The highest BCUT2D eigenvalue weighted by Gasteiger charge is 2.15. The van der Waals surface area contributed by atoms with Crippen molar-refractivity contribution in [2.24, 2.45) is 10.7 Å². The van der Waals surface area contributed by atoms with Crippen molar-refractivity contribution in [1.82, 2.24) is 0 Å². The topological polar surface area (TPSA) is 95.9 Å². The number of nitrogens with one attached hydrogen (secondary N) is 2. The molecule has 0 aliphatic carbocycles. The standard InChI is InChI=1S/C19H16ClN5O2/c20-15-3-1-2-4-16(15)24-19(26)23-12-5-7-13(8-6-12)25-11-22-18-14(17(25)21)9-10-27-18/h1-10H,11,21H2,(H2,23,24,26). The number of nitrogens with zero attached hydrogens (tertiary/aromatic N) is 2. The van der Waals surface area contributed by atoms with Gasteiger partial charge in [0.2, 0.25) is 5.55 Å². The van der Waals surface area contributed by atoms with Crippen molar-refractivity contribution in [3.8, 4) is 0 Å². The minimum Gasteiger partial charge on any atom is -0.446 e. The fourth-order valence-corrected chi connectivity index (χ4v) is 2.95. The van der Waals surface area contributed by atoms with Gasteiger partial charge in [-0.3, -0.25) is 0 Å². The Bertz CT molecular complexity index is 1110. The Morgan fingerprint density at radius 2 is 1.89 bits per heavy atom. The third-order valence-electron chi connectivity index (χ3n) is 4.13. The smallest absolute Gasteiger partial charge is 0.323 e. The van der Waals surface area contributed by atoms with Crippen LogP contribution in [0.3, 0.4) is 0 Å². The summed E-state index contributed by atoms with van der Waals surface area (Å²) < 4.78 is 5.27. The summed E-state index contributed by atoms with van der Waals surface area (Å²) in [6, 6.07) is 15.7. The molecule has 0 saturated carbocycles. The molecule has 1 aliphatic heterocycles. The quantitative estimate of drug-likeness (QED) is 0.650. The Balaban J connectivity index is 1.47. The maximum Gasteiger partial charge on any atom is 0.323 e. The lowest BCUT2D eigenvalue weighted by molar-refractivity contribution is 0.262. The third-order valence-corrected chi connectivity index (χ3v) is 4.46. The first-order valence-electron chi connectivity index (χ1n) is 8.20. The summed E-state index contributed by atoms with van der Waals surface area (Å²) >= 11 is 6.04. The summed E-state index contributed by atoms with van der Waals surface area (Å²) in [6.45, 7) is 0.367. The predicted molar refractivity (Wildman–Crippen MR) is 105 cm³/mol. The van der Waals surface area contributed by atoms with E-state index in [1.54, 1.807) is 48.7 Å². The fraction of sp³-hybridized carbons (Fsp3) is 0.0526. The molecule has 1 aliphatic rings. The number of carbonyl (C=O) groups excluding carboxylic acids is 1. The minimum atomic E-state index is -0.377. The van der Waals surface area contributed by atoms with Crippen molar-refractivity contribution < 1.29 is 9.21 Å². The average molecular weight is 382 g/mol. The number of anilines is 3. The van der Waals surface area contributed by atoms with Gasteiger partial charge in [0, 0.05) is 11.4 Å². The maximum atomic E-state index is 12.1. The van der Waals surface area contributed by atoms with Crippen LogP contribution < -0.4 is 32.0 Å². The van der Waals surface area contributed by atoms with Crippen molar-refractivity contribution in [1.29, 1.82) is 0 Å². The molecule has 8 heteroatoms. The molecule has 7 nitrogen and oxygen atoms in total. The molecule has 4 N–H and O–H groups in total. The van der Waals surface area contributed by atoms with Gasteiger partial charge in [-0.05, 0) is 42.5 Å². The maximum absolute atomic E-state index is 12.1. The lowest BCUT2D eigenvalue weighted by Crippen LogP contribution is -2.42. The molecule has 1 aromatic heterocycles. The van der Waals surface area contributed by atoms with Crippen LogP contribution in [-0.4, -0.2) is 12.7 Å². The largest absolute Gasteiger partial charge is 0.446 e. The van der Waals surface area contributed by atoms with Gasteiger partial charge in [0.15, 0.2) is 0 Å². The number of para-hydroxylation sites is 1. The van der Waals surface area contributed by atoms with Crippen molar-refractivity contribution in [3.05, 3.63) is 76.7 Å². The number of amides is 2. The minimum absolute atomic E-state index is 0.367. The normalized spacial score (nSPS) is 12.9. The second kappa shape index (κ2) is 7.05. The third kappa shape index (κ3) is 3.45. The second-order valence-corrected chi connectivity index (χ2v) is 6.27. The monoisotopic (exact) mass is 381 g/mol. The van der Waals surface area contributed by atoms with Crippen LogP contribution in [0.2, 0.25) is 5.02 Å². The van der Waals surface area contributed by atoms with Gasteiger partial charge < -0.3 is 25.7 Å². The molecule has 0 spiro atoms. The molecular weight excluding hydrogens is 366 g/mol.